The summed E-state index contributed by atoms with van der Waals surface area (Å²) in [6, 6.07) is 11.9. The van der Waals surface area contributed by atoms with Gasteiger partial charge >= 0.3 is 0 Å². The van der Waals surface area contributed by atoms with Crippen molar-refractivity contribution in [1.29, 1.82) is 0 Å². The number of halogens is 1. The second-order valence-electron chi connectivity index (χ2n) is 7.36. The maximum atomic E-state index is 12.7. The number of rotatable bonds is 5. The van der Waals surface area contributed by atoms with E-state index in [2.05, 4.69) is 20.8 Å². The van der Waals surface area contributed by atoms with Crippen molar-refractivity contribution in [2.75, 3.05) is 26.8 Å². The predicted octanol–water partition coefficient (Wildman–Crippen LogP) is 3.62. The Balaban J connectivity index is 1.71. The Morgan fingerprint density at radius 2 is 2.00 bits per heavy atom. The number of phenolic OH excluding ortho intramolecular Hbond substituents is 1. The average Bonchev–Trinajstić information content (AvgIpc) is 3.07. The van der Waals surface area contributed by atoms with Gasteiger partial charge in [-0.2, -0.15) is 0 Å². The van der Waals surface area contributed by atoms with E-state index in [9.17, 15) is 15.0 Å². The molecule has 2 N–H and O–H groups in total. The van der Waals surface area contributed by atoms with Crippen molar-refractivity contribution < 1.29 is 19.4 Å². The van der Waals surface area contributed by atoms with Crippen molar-refractivity contribution in [2.24, 2.45) is 5.92 Å². The fourth-order valence-corrected chi connectivity index (χ4v) is 4.12. The van der Waals surface area contributed by atoms with Crippen molar-refractivity contribution in [1.82, 2.24) is 4.90 Å². The van der Waals surface area contributed by atoms with Crippen LogP contribution in [0.5, 0.6) is 11.5 Å². The number of hydrogen-bond donors (Lipinski definition) is 2. The second kappa shape index (κ2) is 8.18. The molecule has 29 heavy (non-hydrogen) atoms. The molecular formula is C22H22BrNO5. The Labute approximate surface area is 176 Å². The van der Waals surface area contributed by atoms with Gasteiger partial charge in [0.05, 0.1) is 13.2 Å². The number of aliphatic hydroxyl groups excluding tert-OH is 1. The van der Waals surface area contributed by atoms with Crippen LogP contribution in [-0.4, -0.2) is 48.0 Å². The molecule has 1 saturated heterocycles. The highest BCUT2D eigenvalue weighted by atomic mass is 79.9. The largest absolute Gasteiger partial charge is 0.507 e. The van der Waals surface area contributed by atoms with Gasteiger partial charge in [0.25, 0.3) is 0 Å². The average molecular weight is 460 g/mol. The van der Waals surface area contributed by atoms with Crippen molar-refractivity contribution >= 4 is 26.9 Å². The molecule has 0 radical (unpaired) electrons. The smallest absolute Gasteiger partial charge is 0.197 e. The van der Waals surface area contributed by atoms with Gasteiger partial charge in [0, 0.05) is 28.1 Å². The lowest BCUT2D eigenvalue weighted by molar-refractivity contribution is 0.129. The molecule has 0 spiro atoms. The van der Waals surface area contributed by atoms with E-state index in [1.54, 1.807) is 6.07 Å². The lowest BCUT2D eigenvalue weighted by Gasteiger charge is -2.23. The predicted molar refractivity (Wildman–Crippen MR) is 114 cm³/mol. The van der Waals surface area contributed by atoms with Crippen LogP contribution in [0.15, 0.2) is 56.1 Å². The van der Waals surface area contributed by atoms with Crippen LogP contribution in [0.2, 0.25) is 0 Å². The summed E-state index contributed by atoms with van der Waals surface area (Å²) >= 11 is 3.39. The minimum absolute atomic E-state index is 0.0451. The van der Waals surface area contributed by atoms with E-state index < -0.39 is 0 Å². The summed E-state index contributed by atoms with van der Waals surface area (Å²) < 4.78 is 12.9. The zero-order chi connectivity index (χ0) is 20.5. The quantitative estimate of drug-likeness (QED) is 0.606. The Bertz CT molecular complexity index is 1080. The van der Waals surface area contributed by atoms with Gasteiger partial charge in [-0.15, -0.1) is 0 Å². The van der Waals surface area contributed by atoms with E-state index in [0.29, 0.717) is 18.1 Å². The SMILES string of the molecule is CN1CCC(COc2ccc(O)c3c(=O)cc(-c4ccc(Br)cc4)oc23)C1CO. The van der Waals surface area contributed by atoms with Gasteiger partial charge in [-0.3, -0.25) is 4.79 Å². The number of aromatic hydroxyl groups is 1. The maximum absolute atomic E-state index is 12.7. The van der Waals surface area contributed by atoms with Crippen LogP contribution in [0, 0.1) is 5.92 Å². The Morgan fingerprint density at radius 1 is 1.24 bits per heavy atom. The molecule has 1 fully saturated rings. The van der Waals surface area contributed by atoms with Crippen LogP contribution in [0.25, 0.3) is 22.3 Å². The van der Waals surface area contributed by atoms with E-state index in [-0.39, 0.29) is 40.7 Å². The lowest BCUT2D eigenvalue weighted by atomic mass is 10.0. The third kappa shape index (κ3) is 3.90. The second-order valence-corrected chi connectivity index (χ2v) is 8.27. The lowest BCUT2D eigenvalue weighted by Crippen LogP contribution is -2.35. The third-order valence-electron chi connectivity index (χ3n) is 5.55. The minimum Gasteiger partial charge on any atom is -0.507 e. The van der Waals surface area contributed by atoms with E-state index in [1.807, 2.05) is 31.3 Å². The molecule has 2 aromatic carbocycles. The van der Waals surface area contributed by atoms with Crippen LogP contribution in [0.4, 0.5) is 0 Å². The molecule has 0 bridgehead atoms. The zero-order valence-electron chi connectivity index (χ0n) is 16.0. The van der Waals surface area contributed by atoms with Crippen LogP contribution in [0.1, 0.15) is 6.42 Å². The van der Waals surface area contributed by atoms with Gasteiger partial charge in [0.2, 0.25) is 0 Å². The summed E-state index contributed by atoms with van der Waals surface area (Å²) in [5, 5.41) is 19.9. The van der Waals surface area contributed by atoms with Crippen molar-refractivity contribution in [3.8, 4) is 22.8 Å². The molecule has 2 unspecified atom stereocenters. The van der Waals surface area contributed by atoms with E-state index in [1.165, 1.54) is 12.1 Å². The van der Waals surface area contributed by atoms with Gasteiger partial charge in [0.1, 0.15) is 16.9 Å². The first kappa shape index (κ1) is 19.9. The van der Waals surface area contributed by atoms with Crippen molar-refractivity contribution in [3.05, 3.63) is 57.2 Å². The third-order valence-corrected chi connectivity index (χ3v) is 6.08. The molecule has 1 aromatic heterocycles. The summed E-state index contributed by atoms with van der Waals surface area (Å²) in [7, 11) is 1.99. The Morgan fingerprint density at radius 3 is 2.72 bits per heavy atom. The van der Waals surface area contributed by atoms with Gasteiger partial charge in [-0.1, -0.05) is 28.1 Å². The van der Waals surface area contributed by atoms with Crippen LogP contribution >= 0.6 is 15.9 Å². The number of likely N-dealkylation sites (N-methyl/N-ethyl adjacent to an activating group) is 1. The first-order valence-corrected chi connectivity index (χ1v) is 10.3. The van der Waals surface area contributed by atoms with Gasteiger partial charge in [-0.05, 0) is 44.3 Å². The molecule has 2 heterocycles. The molecule has 0 saturated carbocycles. The highest BCUT2D eigenvalue weighted by molar-refractivity contribution is 9.10. The van der Waals surface area contributed by atoms with Gasteiger partial charge < -0.3 is 24.3 Å². The zero-order valence-corrected chi connectivity index (χ0v) is 17.6. The topological polar surface area (TPSA) is 83.1 Å². The number of phenols is 1. The number of aliphatic hydroxyl groups is 1. The highest BCUT2D eigenvalue weighted by Crippen LogP contribution is 2.34. The summed E-state index contributed by atoms with van der Waals surface area (Å²) in [6.07, 6.45) is 0.922. The van der Waals surface area contributed by atoms with Crippen molar-refractivity contribution in [3.63, 3.8) is 0 Å². The number of benzene rings is 2. The van der Waals surface area contributed by atoms with Gasteiger partial charge in [0.15, 0.2) is 16.8 Å². The Hall–Kier alpha value is -2.35. The number of fused-ring (bicyclic) bond motifs is 1. The normalized spacial score (nSPS) is 19.7. The highest BCUT2D eigenvalue weighted by Gasteiger charge is 2.31. The monoisotopic (exact) mass is 459 g/mol. The number of hydrogen-bond acceptors (Lipinski definition) is 6. The molecular weight excluding hydrogens is 438 g/mol. The van der Waals surface area contributed by atoms with Crippen LogP contribution in [0.3, 0.4) is 0 Å². The standard InChI is InChI=1S/C22H22BrNO5/c1-24-9-8-14(16(24)11-25)12-28-19-7-6-17(26)21-18(27)10-20(29-22(19)21)13-2-4-15(23)5-3-13/h2-7,10,14,16,25-26H,8-9,11-12H2,1H3. The van der Waals surface area contributed by atoms with E-state index in [0.717, 1.165) is 23.0 Å². The molecule has 152 valence electrons. The molecule has 2 atom stereocenters. The fourth-order valence-electron chi connectivity index (χ4n) is 3.86. The maximum Gasteiger partial charge on any atom is 0.197 e. The minimum atomic E-state index is -0.332. The Kier molecular flexibility index (Phi) is 5.63. The molecule has 1 aliphatic rings. The summed E-state index contributed by atoms with van der Waals surface area (Å²) in [5.41, 5.74) is 0.641. The molecule has 7 heteroatoms. The first-order valence-electron chi connectivity index (χ1n) is 9.47. The van der Waals surface area contributed by atoms with Crippen LogP contribution < -0.4 is 10.2 Å². The molecule has 6 nitrogen and oxygen atoms in total. The molecule has 1 aliphatic heterocycles. The number of nitrogens with zero attached hydrogens (tertiary/aromatic N) is 1. The van der Waals surface area contributed by atoms with Crippen molar-refractivity contribution in [2.45, 2.75) is 12.5 Å². The number of likely N-dealkylation sites (tertiary alicyclic amines) is 1. The summed E-state index contributed by atoms with van der Waals surface area (Å²) in [4.78, 5) is 14.8. The van der Waals surface area contributed by atoms with E-state index >= 15 is 0 Å². The molecule has 4 rings (SSSR count). The van der Waals surface area contributed by atoms with Crippen LogP contribution in [-0.2, 0) is 0 Å². The molecule has 0 amide bonds. The fraction of sp³-hybridized carbons (Fsp3) is 0.318. The molecule has 3 aromatic rings. The summed E-state index contributed by atoms with van der Waals surface area (Å²) in [6.45, 7) is 1.36. The first-order chi connectivity index (χ1) is 14.0. The van der Waals surface area contributed by atoms with E-state index in [4.69, 9.17) is 9.15 Å². The summed E-state index contributed by atoms with van der Waals surface area (Å²) in [5.74, 6) is 0.840. The molecule has 0 aliphatic carbocycles. The number of ether oxygens (including phenoxy) is 1. The van der Waals surface area contributed by atoms with Gasteiger partial charge in [-0.25, -0.2) is 0 Å².